The molecule has 58 valence electrons. The summed E-state index contributed by atoms with van der Waals surface area (Å²) in [6, 6.07) is 5.29. The highest BCUT2D eigenvalue weighted by Gasteiger charge is 1.97. The van der Waals surface area contributed by atoms with Crippen molar-refractivity contribution in [2.24, 2.45) is 0 Å². The van der Waals surface area contributed by atoms with Gasteiger partial charge < -0.3 is 5.73 Å². The molecular weight excluding hydrogens is 158 g/mol. The zero-order chi connectivity index (χ0) is 8.27. The quantitative estimate of drug-likeness (QED) is 0.415. The van der Waals surface area contributed by atoms with E-state index < -0.39 is 0 Å². The second-order valence-corrected chi connectivity index (χ2v) is 2.97. The number of thioether (sulfide) groups is 1. The van der Waals surface area contributed by atoms with Crippen molar-refractivity contribution in [2.45, 2.75) is 4.90 Å². The maximum atomic E-state index is 10.3. The fraction of sp³-hybridized carbons (Fsp3) is 0.125. The van der Waals surface area contributed by atoms with Gasteiger partial charge in [0.25, 0.3) is 0 Å². The molecule has 0 bridgehead atoms. The molecule has 0 saturated carbocycles. The lowest BCUT2D eigenvalue weighted by atomic mass is 10.2. The second-order valence-electron chi connectivity index (χ2n) is 2.12. The molecule has 0 amide bonds. The first kappa shape index (κ1) is 8.14. The third kappa shape index (κ3) is 1.74. The van der Waals surface area contributed by atoms with Crippen molar-refractivity contribution in [3.63, 3.8) is 0 Å². The minimum atomic E-state index is 0.625. The van der Waals surface area contributed by atoms with E-state index in [1.165, 1.54) is 0 Å². The van der Waals surface area contributed by atoms with Crippen LogP contribution in [0.1, 0.15) is 10.4 Å². The van der Waals surface area contributed by atoms with Crippen molar-refractivity contribution < 1.29 is 4.79 Å². The minimum Gasteiger partial charge on any atom is -0.398 e. The molecule has 0 radical (unpaired) electrons. The Morgan fingerprint density at radius 1 is 1.55 bits per heavy atom. The van der Waals surface area contributed by atoms with E-state index in [9.17, 15) is 4.79 Å². The molecule has 1 rings (SSSR count). The van der Waals surface area contributed by atoms with Gasteiger partial charge in [0.1, 0.15) is 6.29 Å². The van der Waals surface area contributed by atoms with Gasteiger partial charge in [0.2, 0.25) is 0 Å². The average molecular weight is 167 g/mol. The average Bonchev–Trinajstić information content (AvgIpc) is 2.04. The van der Waals surface area contributed by atoms with Gasteiger partial charge in [-0.1, -0.05) is 6.07 Å². The smallest absolute Gasteiger partial charge is 0.150 e. The van der Waals surface area contributed by atoms with Crippen LogP contribution >= 0.6 is 11.8 Å². The molecule has 0 fully saturated rings. The number of anilines is 1. The van der Waals surface area contributed by atoms with Crippen LogP contribution in [-0.4, -0.2) is 12.5 Å². The number of hydrogen-bond acceptors (Lipinski definition) is 3. The van der Waals surface area contributed by atoms with Crippen molar-refractivity contribution in [2.75, 3.05) is 12.0 Å². The molecule has 0 spiro atoms. The van der Waals surface area contributed by atoms with E-state index in [2.05, 4.69) is 0 Å². The summed E-state index contributed by atoms with van der Waals surface area (Å²) in [5.41, 5.74) is 6.92. The van der Waals surface area contributed by atoms with Crippen LogP contribution in [0.15, 0.2) is 23.1 Å². The molecule has 0 aliphatic carbocycles. The zero-order valence-electron chi connectivity index (χ0n) is 6.20. The maximum Gasteiger partial charge on any atom is 0.150 e. The van der Waals surface area contributed by atoms with Crippen molar-refractivity contribution >= 4 is 23.7 Å². The summed E-state index contributed by atoms with van der Waals surface area (Å²) in [7, 11) is 0. The topological polar surface area (TPSA) is 43.1 Å². The molecule has 0 aliphatic rings. The second kappa shape index (κ2) is 3.44. The summed E-state index contributed by atoms with van der Waals surface area (Å²) >= 11 is 1.57. The van der Waals surface area contributed by atoms with Crippen LogP contribution in [0.2, 0.25) is 0 Å². The highest BCUT2D eigenvalue weighted by atomic mass is 32.2. The largest absolute Gasteiger partial charge is 0.398 e. The van der Waals surface area contributed by atoms with Gasteiger partial charge in [0, 0.05) is 16.1 Å². The molecule has 0 heterocycles. The highest BCUT2D eigenvalue weighted by Crippen LogP contribution is 2.22. The van der Waals surface area contributed by atoms with E-state index >= 15 is 0 Å². The van der Waals surface area contributed by atoms with E-state index in [0.29, 0.717) is 11.3 Å². The first-order valence-electron chi connectivity index (χ1n) is 3.16. The molecule has 3 heteroatoms. The summed E-state index contributed by atoms with van der Waals surface area (Å²) in [6.45, 7) is 0. The fourth-order valence-corrected chi connectivity index (χ4v) is 1.32. The lowest BCUT2D eigenvalue weighted by Crippen LogP contribution is -1.90. The lowest BCUT2D eigenvalue weighted by Gasteiger charge is -2.00. The number of aldehydes is 1. The molecule has 0 saturated heterocycles. The number of carbonyl (C=O) groups is 1. The van der Waals surface area contributed by atoms with Crippen LogP contribution in [-0.2, 0) is 0 Å². The molecule has 0 unspecified atom stereocenters. The number of benzene rings is 1. The molecule has 2 N–H and O–H groups in total. The Bertz CT molecular complexity index is 273. The monoisotopic (exact) mass is 167 g/mol. The number of nitrogen functional groups attached to an aromatic ring is 1. The molecule has 2 nitrogen and oxygen atoms in total. The van der Waals surface area contributed by atoms with Crippen molar-refractivity contribution in [1.29, 1.82) is 0 Å². The lowest BCUT2D eigenvalue weighted by molar-refractivity contribution is 0.112. The normalized spacial score (nSPS) is 9.55. The van der Waals surface area contributed by atoms with Gasteiger partial charge in [-0.15, -0.1) is 11.8 Å². The van der Waals surface area contributed by atoms with Crippen LogP contribution in [0.5, 0.6) is 0 Å². The van der Waals surface area contributed by atoms with Gasteiger partial charge in [0.15, 0.2) is 0 Å². The predicted molar refractivity (Wildman–Crippen MR) is 48.0 cm³/mol. The summed E-state index contributed by atoms with van der Waals surface area (Å²) in [6.07, 6.45) is 2.74. The summed E-state index contributed by atoms with van der Waals surface area (Å²) in [5.74, 6) is 0. The highest BCUT2D eigenvalue weighted by molar-refractivity contribution is 7.98. The van der Waals surface area contributed by atoms with E-state index in [-0.39, 0.29) is 0 Å². The summed E-state index contributed by atoms with van der Waals surface area (Å²) < 4.78 is 0. The molecule has 0 atom stereocenters. The van der Waals surface area contributed by atoms with Crippen LogP contribution in [0.25, 0.3) is 0 Å². The third-order valence-corrected chi connectivity index (χ3v) is 2.20. The van der Waals surface area contributed by atoms with Gasteiger partial charge in [0.05, 0.1) is 0 Å². The number of carbonyl (C=O) groups excluding carboxylic acids is 1. The van der Waals surface area contributed by atoms with Crippen molar-refractivity contribution in [3.05, 3.63) is 23.8 Å². The van der Waals surface area contributed by atoms with Gasteiger partial charge in [-0.3, -0.25) is 4.79 Å². The van der Waals surface area contributed by atoms with Crippen LogP contribution in [0.4, 0.5) is 5.69 Å². The summed E-state index contributed by atoms with van der Waals surface area (Å²) in [4.78, 5) is 11.3. The fourth-order valence-electron chi connectivity index (χ4n) is 0.826. The third-order valence-electron chi connectivity index (χ3n) is 1.39. The molecule has 0 aromatic heterocycles. The van der Waals surface area contributed by atoms with Gasteiger partial charge in [-0.25, -0.2) is 0 Å². The number of hydrogen-bond donors (Lipinski definition) is 1. The minimum absolute atomic E-state index is 0.625. The summed E-state index contributed by atoms with van der Waals surface area (Å²) in [5, 5.41) is 0. The Labute approximate surface area is 69.8 Å². The Kier molecular flexibility index (Phi) is 2.54. The van der Waals surface area contributed by atoms with E-state index in [1.54, 1.807) is 23.9 Å². The first-order chi connectivity index (χ1) is 5.27. The van der Waals surface area contributed by atoms with Gasteiger partial charge in [-0.05, 0) is 18.4 Å². The van der Waals surface area contributed by atoms with Gasteiger partial charge in [-0.2, -0.15) is 0 Å². The maximum absolute atomic E-state index is 10.3. The number of nitrogens with two attached hydrogens (primary N) is 1. The predicted octanol–water partition coefficient (Wildman–Crippen LogP) is 1.80. The molecule has 1 aromatic carbocycles. The molecule has 11 heavy (non-hydrogen) atoms. The van der Waals surface area contributed by atoms with E-state index in [0.717, 1.165) is 11.2 Å². The van der Waals surface area contributed by atoms with Crippen LogP contribution < -0.4 is 5.73 Å². The van der Waals surface area contributed by atoms with Crippen LogP contribution in [0.3, 0.4) is 0 Å². The first-order valence-corrected chi connectivity index (χ1v) is 4.39. The Balaban J connectivity index is 3.09. The molecule has 0 aliphatic heterocycles. The Morgan fingerprint density at radius 2 is 2.27 bits per heavy atom. The van der Waals surface area contributed by atoms with Crippen LogP contribution in [0, 0.1) is 0 Å². The number of rotatable bonds is 2. The Hall–Kier alpha value is -0.960. The van der Waals surface area contributed by atoms with E-state index in [1.807, 2.05) is 12.3 Å². The SMILES string of the molecule is CSc1ccc(C=O)cc1N. The van der Waals surface area contributed by atoms with Crippen molar-refractivity contribution in [3.8, 4) is 0 Å². The zero-order valence-corrected chi connectivity index (χ0v) is 7.02. The van der Waals surface area contributed by atoms with E-state index in [4.69, 9.17) is 5.73 Å². The standard InChI is InChI=1S/C8H9NOS/c1-11-8-3-2-6(5-10)4-7(8)9/h2-5H,9H2,1H3. The Morgan fingerprint density at radius 3 is 2.73 bits per heavy atom. The van der Waals surface area contributed by atoms with Crippen molar-refractivity contribution in [1.82, 2.24) is 0 Å². The molecule has 1 aromatic rings. The molecular formula is C8H9NOS. The van der Waals surface area contributed by atoms with Gasteiger partial charge >= 0.3 is 0 Å².